The number of hydrogen-bond acceptors (Lipinski definition) is 3. The molecule has 0 spiro atoms. The SMILES string of the molecule is COC(=O)C(C)(C)C(C)CC(=O)C(C)(C)C. The summed E-state index contributed by atoms with van der Waals surface area (Å²) in [6, 6.07) is 0. The Hall–Kier alpha value is -0.860. The molecule has 3 heteroatoms. The molecule has 0 rings (SSSR count). The first-order valence-electron chi connectivity index (χ1n) is 5.65. The van der Waals surface area contributed by atoms with Crippen molar-refractivity contribution >= 4 is 11.8 Å². The van der Waals surface area contributed by atoms with Crippen LogP contribution in [0.4, 0.5) is 0 Å². The van der Waals surface area contributed by atoms with Crippen LogP contribution in [0.1, 0.15) is 48.0 Å². The standard InChI is InChI=1S/C13H24O3/c1-9(8-10(14)12(2,3)4)13(5,6)11(15)16-7/h9H,8H2,1-7H3. The van der Waals surface area contributed by atoms with Gasteiger partial charge in [0.05, 0.1) is 12.5 Å². The highest BCUT2D eigenvalue weighted by Gasteiger charge is 2.37. The average molecular weight is 228 g/mol. The third kappa shape index (κ3) is 3.62. The van der Waals surface area contributed by atoms with Gasteiger partial charge in [-0.15, -0.1) is 0 Å². The number of ketones is 1. The van der Waals surface area contributed by atoms with E-state index < -0.39 is 5.41 Å². The van der Waals surface area contributed by atoms with Crippen molar-refractivity contribution in [2.75, 3.05) is 7.11 Å². The van der Waals surface area contributed by atoms with Crippen LogP contribution in [0.15, 0.2) is 0 Å². The zero-order valence-corrected chi connectivity index (χ0v) is 11.5. The molecule has 0 aromatic heterocycles. The Kier molecular flexibility index (Phi) is 4.71. The van der Waals surface area contributed by atoms with Crippen molar-refractivity contribution in [3.63, 3.8) is 0 Å². The number of esters is 1. The molecule has 0 aliphatic heterocycles. The number of carbonyl (C=O) groups is 2. The molecule has 3 nitrogen and oxygen atoms in total. The number of rotatable bonds is 4. The van der Waals surface area contributed by atoms with Crippen molar-refractivity contribution in [3.8, 4) is 0 Å². The molecule has 0 aliphatic carbocycles. The molecule has 0 heterocycles. The van der Waals surface area contributed by atoms with Crippen LogP contribution in [0.3, 0.4) is 0 Å². The first-order valence-corrected chi connectivity index (χ1v) is 5.65. The minimum absolute atomic E-state index is 0.0216. The van der Waals surface area contributed by atoms with E-state index >= 15 is 0 Å². The van der Waals surface area contributed by atoms with E-state index in [9.17, 15) is 9.59 Å². The molecule has 0 saturated heterocycles. The van der Waals surface area contributed by atoms with E-state index in [0.717, 1.165) is 0 Å². The highest BCUT2D eigenvalue weighted by molar-refractivity contribution is 5.85. The summed E-state index contributed by atoms with van der Waals surface area (Å²) in [6.07, 6.45) is 0.408. The lowest BCUT2D eigenvalue weighted by Gasteiger charge is -2.30. The molecule has 0 radical (unpaired) electrons. The van der Waals surface area contributed by atoms with E-state index in [1.165, 1.54) is 7.11 Å². The Morgan fingerprint density at radius 2 is 1.56 bits per heavy atom. The van der Waals surface area contributed by atoms with Crippen LogP contribution in [0, 0.1) is 16.7 Å². The van der Waals surface area contributed by atoms with Crippen LogP contribution in [0.25, 0.3) is 0 Å². The minimum Gasteiger partial charge on any atom is -0.469 e. The summed E-state index contributed by atoms with van der Waals surface area (Å²) >= 11 is 0. The molecule has 1 atom stereocenters. The summed E-state index contributed by atoms with van der Waals surface area (Å²) in [6.45, 7) is 11.2. The fourth-order valence-corrected chi connectivity index (χ4v) is 1.30. The molecule has 0 aromatic carbocycles. The lowest BCUT2D eigenvalue weighted by Crippen LogP contribution is -2.35. The summed E-state index contributed by atoms with van der Waals surface area (Å²) in [7, 11) is 1.38. The molecule has 0 fully saturated rings. The second-order valence-corrected chi connectivity index (χ2v) is 5.99. The highest BCUT2D eigenvalue weighted by Crippen LogP contribution is 2.33. The Balaban J connectivity index is 4.65. The Labute approximate surface area is 98.6 Å². The van der Waals surface area contributed by atoms with Crippen molar-refractivity contribution < 1.29 is 14.3 Å². The summed E-state index contributed by atoms with van der Waals surface area (Å²) in [4.78, 5) is 23.5. The molecule has 0 saturated carbocycles. The average Bonchev–Trinajstić information content (AvgIpc) is 2.14. The van der Waals surface area contributed by atoms with Crippen LogP contribution in [-0.2, 0) is 14.3 Å². The molecule has 0 amide bonds. The number of carbonyl (C=O) groups excluding carboxylic acids is 2. The van der Waals surface area contributed by atoms with Gasteiger partial charge < -0.3 is 4.74 Å². The molecular weight excluding hydrogens is 204 g/mol. The maximum Gasteiger partial charge on any atom is 0.311 e. The largest absolute Gasteiger partial charge is 0.469 e. The first kappa shape index (κ1) is 15.1. The molecule has 0 aliphatic rings. The van der Waals surface area contributed by atoms with Crippen LogP contribution in [-0.4, -0.2) is 18.9 Å². The van der Waals surface area contributed by atoms with E-state index in [-0.39, 0.29) is 23.1 Å². The van der Waals surface area contributed by atoms with Crippen LogP contribution in [0.5, 0.6) is 0 Å². The van der Waals surface area contributed by atoms with Gasteiger partial charge in [0.25, 0.3) is 0 Å². The van der Waals surface area contributed by atoms with Gasteiger partial charge >= 0.3 is 5.97 Å². The second-order valence-electron chi connectivity index (χ2n) is 5.99. The van der Waals surface area contributed by atoms with Crippen molar-refractivity contribution in [3.05, 3.63) is 0 Å². The maximum atomic E-state index is 11.9. The normalized spacial score (nSPS) is 14.4. The summed E-state index contributed by atoms with van der Waals surface area (Å²) in [5, 5.41) is 0. The number of methoxy groups -OCH3 is 1. The fourth-order valence-electron chi connectivity index (χ4n) is 1.30. The monoisotopic (exact) mass is 228 g/mol. The maximum absolute atomic E-state index is 11.9. The topological polar surface area (TPSA) is 43.4 Å². The Morgan fingerprint density at radius 3 is 1.88 bits per heavy atom. The van der Waals surface area contributed by atoms with Gasteiger partial charge in [0.2, 0.25) is 0 Å². The van der Waals surface area contributed by atoms with Gasteiger partial charge in [-0.05, 0) is 19.8 Å². The van der Waals surface area contributed by atoms with Gasteiger partial charge in [0.1, 0.15) is 5.78 Å². The summed E-state index contributed by atoms with van der Waals surface area (Å²) < 4.78 is 4.75. The second kappa shape index (κ2) is 4.98. The Morgan fingerprint density at radius 1 is 1.12 bits per heavy atom. The van der Waals surface area contributed by atoms with E-state index in [1.54, 1.807) is 0 Å². The molecule has 1 unspecified atom stereocenters. The van der Waals surface area contributed by atoms with E-state index in [1.807, 2.05) is 41.5 Å². The van der Waals surface area contributed by atoms with Crippen molar-refractivity contribution in [1.82, 2.24) is 0 Å². The smallest absolute Gasteiger partial charge is 0.311 e. The molecule has 16 heavy (non-hydrogen) atoms. The van der Waals surface area contributed by atoms with Crippen molar-refractivity contribution in [2.45, 2.75) is 48.0 Å². The van der Waals surface area contributed by atoms with E-state index in [0.29, 0.717) is 6.42 Å². The van der Waals surface area contributed by atoms with Crippen LogP contribution < -0.4 is 0 Å². The third-order valence-electron chi connectivity index (χ3n) is 3.27. The first-order chi connectivity index (χ1) is 7.03. The molecule has 0 bridgehead atoms. The molecule has 0 N–H and O–H groups in total. The molecule has 94 valence electrons. The zero-order chi connectivity index (χ0) is 13.1. The fraction of sp³-hybridized carbons (Fsp3) is 0.846. The number of Topliss-reactive ketones (excluding diaryl/α,β-unsaturated/α-hetero) is 1. The van der Waals surface area contributed by atoms with Crippen molar-refractivity contribution in [2.24, 2.45) is 16.7 Å². The lowest BCUT2D eigenvalue weighted by atomic mass is 9.74. The van der Waals surface area contributed by atoms with Crippen LogP contribution >= 0.6 is 0 Å². The van der Waals surface area contributed by atoms with E-state index in [2.05, 4.69) is 0 Å². The summed E-state index contributed by atoms with van der Waals surface area (Å²) in [5.41, 5.74) is -0.962. The van der Waals surface area contributed by atoms with Gasteiger partial charge in [0.15, 0.2) is 0 Å². The van der Waals surface area contributed by atoms with Gasteiger partial charge in [-0.3, -0.25) is 9.59 Å². The van der Waals surface area contributed by atoms with Gasteiger partial charge in [-0.25, -0.2) is 0 Å². The molecular formula is C13H24O3. The minimum atomic E-state index is -0.615. The zero-order valence-electron chi connectivity index (χ0n) is 11.5. The van der Waals surface area contributed by atoms with Crippen LogP contribution in [0.2, 0.25) is 0 Å². The highest BCUT2D eigenvalue weighted by atomic mass is 16.5. The third-order valence-corrected chi connectivity index (χ3v) is 3.27. The van der Waals surface area contributed by atoms with Gasteiger partial charge in [0, 0.05) is 11.8 Å². The predicted octanol–water partition coefficient (Wildman–Crippen LogP) is 2.83. The number of ether oxygens (including phenoxy) is 1. The predicted molar refractivity (Wildman–Crippen MR) is 64.0 cm³/mol. The van der Waals surface area contributed by atoms with Gasteiger partial charge in [-0.1, -0.05) is 27.7 Å². The van der Waals surface area contributed by atoms with E-state index in [4.69, 9.17) is 4.74 Å². The lowest BCUT2D eigenvalue weighted by molar-refractivity contribution is -0.154. The quantitative estimate of drug-likeness (QED) is 0.695. The van der Waals surface area contributed by atoms with Gasteiger partial charge in [-0.2, -0.15) is 0 Å². The van der Waals surface area contributed by atoms with Crippen molar-refractivity contribution in [1.29, 1.82) is 0 Å². The number of hydrogen-bond donors (Lipinski definition) is 0. The summed E-state index contributed by atoms with van der Waals surface area (Å²) in [5.74, 6) is -0.106. The molecule has 0 aromatic rings. The Bertz CT molecular complexity index is 271.